The van der Waals surface area contributed by atoms with Crippen molar-refractivity contribution >= 4 is 11.3 Å². The molecule has 2 aromatic rings. The number of rotatable bonds is 5. The summed E-state index contributed by atoms with van der Waals surface area (Å²) in [7, 11) is 0. The van der Waals surface area contributed by atoms with E-state index in [0.29, 0.717) is 0 Å². The molecule has 0 amide bonds. The predicted octanol–water partition coefficient (Wildman–Crippen LogP) is 2.80. The summed E-state index contributed by atoms with van der Waals surface area (Å²) in [6.07, 6.45) is 6.37. The van der Waals surface area contributed by atoms with Crippen molar-refractivity contribution in [3.8, 4) is 0 Å². The van der Waals surface area contributed by atoms with E-state index in [2.05, 4.69) is 41.3 Å². The van der Waals surface area contributed by atoms with Gasteiger partial charge in [-0.15, -0.1) is 11.3 Å². The molecule has 90 valence electrons. The molecule has 0 aromatic carbocycles. The van der Waals surface area contributed by atoms with Crippen LogP contribution in [0.3, 0.4) is 0 Å². The summed E-state index contributed by atoms with van der Waals surface area (Å²) in [6.45, 7) is 5.21. The molecule has 17 heavy (non-hydrogen) atoms. The highest BCUT2D eigenvalue weighted by Crippen LogP contribution is 2.27. The molecule has 0 bridgehead atoms. The first kappa shape index (κ1) is 12.2. The predicted molar refractivity (Wildman–Crippen MR) is 71.2 cm³/mol. The zero-order chi connectivity index (χ0) is 12.1. The molecule has 0 aliphatic rings. The van der Waals surface area contributed by atoms with Crippen LogP contribution in [0.1, 0.15) is 35.3 Å². The van der Waals surface area contributed by atoms with Crippen molar-refractivity contribution < 1.29 is 0 Å². The van der Waals surface area contributed by atoms with Crippen LogP contribution in [0.4, 0.5) is 0 Å². The highest BCUT2D eigenvalue weighted by atomic mass is 32.1. The molecule has 0 aliphatic heterocycles. The van der Waals surface area contributed by atoms with E-state index in [4.69, 9.17) is 0 Å². The second-order valence-corrected chi connectivity index (χ2v) is 4.98. The summed E-state index contributed by atoms with van der Waals surface area (Å²) >= 11 is 1.85. The van der Waals surface area contributed by atoms with E-state index < -0.39 is 0 Å². The quantitative estimate of drug-likeness (QED) is 0.883. The molecule has 1 N–H and O–H groups in total. The average molecular weight is 247 g/mol. The lowest BCUT2D eigenvalue weighted by Crippen LogP contribution is -2.22. The van der Waals surface area contributed by atoms with Crippen LogP contribution in [0.5, 0.6) is 0 Å². The van der Waals surface area contributed by atoms with E-state index in [-0.39, 0.29) is 6.04 Å². The summed E-state index contributed by atoms with van der Waals surface area (Å²) in [4.78, 5) is 11.3. The van der Waals surface area contributed by atoms with E-state index in [1.165, 1.54) is 9.75 Å². The third-order valence-corrected chi connectivity index (χ3v) is 3.90. The van der Waals surface area contributed by atoms with Gasteiger partial charge in [-0.25, -0.2) is 0 Å². The fourth-order valence-electron chi connectivity index (χ4n) is 1.75. The molecule has 0 fully saturated rings. The van der Waals surface area contributed by atoms with Gasteiger partial charge in [0.15, 0.2) is 0 Å². The minimum atomic E-state index is 0.166. The highest BCUT2D eigenvalue weighted by molar-refractivity contribution is 7.12. The van der Waals surface area contributed by atoms with Crippen LogP contribution in [-0.2, 0) is 6.42 Å². The Kier molecular flexibility index (Phi) is 4.23. The summed E-state index contributed by atoms with van der Waals surface area (Å²) in [5.41, 5.74) is 0.985. The zero-order valence-corrected chi connectivity index (χ0v) is 11.0. The minimum Gasteiger partial charge on any atom is -0.305 e. The Balaban J connectivity index is 2.28. The standard InChI is InChI=1S/C13H17N3S/c1-3-10-5-6-12(17-10)13(15-4-2)11-9-14-7-8-16-11/h5-9,13,15H,3-4H2,1-2H3. The monoisotopic (exact) mass is 247 g/mol. The van der Waals surface area contributed by atoms with E-state index in [1.807, 2.05) is 17.5 Å². The van der Waals surface area contributed by atoms with Crippen molar-refractivity contribution in [2.75, 3.05) is 6.54 Å². The first-order chi connectivity index (χ1) is 8.35. The zero-order valence-electron chi connectivity index (χ0n) is 10.2. The van der Waals surface area contributed by atoms with Crippen molar-refractivity contribution in [3.63, 3.8) is 0 Å². The second kappa shape index (κ2) is 5.89. The van der Waals surface area contributed by atoms with E-state index in [0.717, 1.165) is 18.7 Å². The van der Waals surface area contributed by atoms with E-state index in [1.54, 1.807) is 12.4 Å². The number of aromatic nitrogens is 2. The molecule has 3 nitrogen and oxygen atoms in total. The molecule has 1 atom stereocenters. The van der Waals surface area contributed by atoms with Crippen molar-refractivity contribution in [2.45, 2.75) is 26.3 Å². The van der Waals surface area contributed by atoms with Crippen LogP contribution in [0, 0.1) is 0 Å². The van der Waals surface area contributed by atoms with Crippen LogP contribution in [0.25, 0.3) is 0 Å². The maximum atomic E-state index is 4.39. The smallest absolute Gasteiger partial charge is 0.0860 e. The first-order valence-electron chi connectivity index (χ1n) is 5.93. The largest absolute Gasteiger partial charge is 0.305 e. The fraction of sp³-hybridized carbons (Fsp3) is 0.385. The van der Waals surface area contributed by atoms with Gasteiger partial charge in [-0.2, -0.15) is 0 Å². The summed E-state index contributed by atoms with van der Waals surface area (Å²) in [6, 6.07) is 4.55. The van der Waals surface area contributed by atoms with Gasteiger partial charge in [-0.3, -0.25) is 9.97 Å². The number of hydrogen-bond acceptors (Lipinski definition) is 4. The molecule has 0 saturated carbocycles. The Bertz CT molecular complexity index is 453. The maximum absolute atomic E-state index is 4.39. The second-order valence-electron chi connectivity index (χ2n) is 3.78. The molecule has 0 spiro atoms. The minimum absolute atomic E-state index is 0.166. The highest BCUT2D eigenvalue weighted by Gasteiger charge is 2.16. The first-order valence-corrected chi connectivity index (χ1v) is 6.74. The van der Waals surface area contributed by atoms with Gasteiger partial charge < -0.3 is 5.32 Å². The summed E-state index contributed by atoms with van der Waals surface area (Å²) in [5.74, 6) is 0. The van der Waals surface area contributed by atoms with E-state index >= 15 is 0 Å². The van der Waals surface area contributed by atoms with Crippen LogP contribution in [-0.4, -0.2) is 16.5 Å². The third kappa shape index (κ3) is 2.90. The van der Waals surface area contributed by atoms with Gasteiger partial charge in [-0.05, 0) is 25.1 Å². The molecular formula is C13H17N3S. The topological polar surface area (TPSA) is 37.8 Å². The summed E-state index contributed by atoms with van der Waals surface area (Å²) < 4.78 is 0. The number of aryl methyl sites for hydroxylation is 1. The van der Waals surface area contributed by atoms with Gasteiger partial charge in [0.25, 0.3) is 0 Å². The third-order valence-electron chi connectivity index (χ3n) is 2.60. The van der Waals surface area contributed by atoms with Gasteiger partial charge in [-0.1, -0.05) is 13.8 Å². The molecule has 2 rings (SSSR count). The van der Waals surface area contributed by atoms with Gasteiger partial charge in [0.2, 0.25) is 0 Å². The van der Waals surface area contributed by atoms with Crippen molar-refractivity contribution in [1.82, 2.24) is 15.3 Å². The molecule has 2 heterocycles. The number of nitrogens with one attached hydrogen (secondary N) is 1. The lowest BCUT2D eigenvalue weighted by atomic mass is 10.2. The molecule has 2 aromatic heterocycles. The average Bonchev–Trinajstić information content (AvgIpc) is 2.85. The van der Waals surface area contributed by atoms with Crippen molar-refractivity contribution in [3.05, 3.63) is 46.2 Å². The molecule has 0 saturated heterocycles. The molecule has 0 radical (unpaired) electrons. The van der Waals surface area contributed by atoms with Gasteiger partial charge in [0.1, 0.15) is 0 Å². The van der Waals surface area contributed by atoms with Crippen molar-refractivity contribution in [2.24, 2.45) is 0 Å². The lowest BCUT2D eigenvalue weighted by Gasteiger charge is -2.15. The Morgan fingerprint density at radius 1 is 1.29 bits per heavy atom. The number of thiophene rings is 1. The molecular weight excluding hydrogens is 230 g/mol. The van der Waals surface area contributed by atoms with Crippen LogP contribution >= 0.6 is 11.3 Å². The Morgan fingerprint density at radius 2 is 2.18 bits per heavy atom. The molecule has 1 unspecified atom stereocenters. The normalized spacial score (nSPS) is 12.6. The Hall–Kier alpha value is -1.26. The van der Waals surface area contributed by atoms with Gasteiger partial charge >= 0.3 is 0 Å². The molecule has 4 heteroatoms. The lowest BCUT2D eigenvalue weighted by molar-refractivity contribution is 0.621. The SMILES string of the molecule is CCNC(c1cnccn1)c1ccc(CC)s1. The van der Waals surface area contributed by atoms with Crippen LogP contribution < -0.4 is 5.32 Å². The van der Waals surface area contributed by atoms with Crippen molar-refractivity contribution in [1.29, 1.82) is 0 Å². The Morgan fingerprint density at radius 3 is 2.76 bits per heavy atom. The number of nitrogens with zero attached hydrogens (tertiary/aromatic N) is 2. The van der Waals surface area contributed by atoms with E-state index in [9.17, 15) is 0 Å². The van der Waals surface area contributed by atoms with Gasteiger partial charge in [0, 0.05) is 22.1 Å². The maximum Gasteiger partial charge on any atom is 0.0860 e. The fourth-order valence-corrected chi connectivity index (χ4v) is 2.80. The van der Waals surface area contributed by atoms with Gasteiger partial charge in [0.05, 0.1) is 17.9 Å². The summed E-state index contributed by atoms with van der Waals surface area (Å²) in [5, 5.41) is 3.46. The number of hydrogen-bond donors (Lipinski definition) is 1. The van der Waals surface area contributed by atoms with Crippen LogP contribution in [0.2, 0.25) is 0 Å². The van der Waals surface area contributed by atoms with Crippen LogP contribution in [0.15, 0.2) is 30.7 Å². The Labute approximate surface area is 106 Å². The molecule has 0 aliphatic carbocycles.